The number of ether oxygens (including phenoxy) is 1. The van der Waals surface area contributed by atoms with Gasteiger partial charge in [-0.25, -0.2) is 9.78 Å². The van der Waals surface area contributed by atoms with Crippen LogP contribution in [-0.4, -0.2) is 22.5 Å². The van der Waals surface area contributed by atoms with Crippen LogP contribution in [-0.2, 0) is 4.74 Å². The molecule has 2 heterocycles. The van der Waals surface area contributed by atoms with Gasteiger partial charge >= 0.3 is 5.97 Å². The summed E-state index contributed by atoms with van der Waals surface area (Å²) in [4.78, 5) is 19.2. The lowest BCUT2D eigenvalue weighted by molar-refractivity contribution is 0.0526. The minimum absolute atomic E-state index is 0.115. The number of hydrogen-bond donors (Lipinski definition) is 0. The van der Waals surface area contributed by atoms with Crippen LogP contribution in [0.25, 0.3) is 11.1 Å². The number of aromatic nitrogens is 2. The Morgan fingerprint density at radius 2 is 2.22 bits per heavy atom. The van der Waals surface area contributed by atoms with Crippen molar-refractivity contribution in [2.45, 2.75) is 6.92 Å². The first-order valence-corrected chi connectivity index (χ1v) is 5.46. The van der Waals surface area contributed by atoms with Gasteiger partial charge in [-0.3, -0.25) is 4.98 Å². The Bertz CT molecular complexity index is 558. The predicted octanol–water partition coefficient (Wildman–Crippen LogP) is 2.46. The summed E-state index contributed by atoms with van der Waals surface area (Å²) in [6.45, 7) is 1.93. The number of pyridine rings is 2. The van der Waals surface area contributed by atoms with Gasteiger partial charge in [0.1, 0.15) is 0 Å². The van der Waals surface area contributed by atoms with Crippen molar-refractivity contribution in [3.63, 3.8) is 0 Å². The van der Waals surface area contributed by atoms with E-state index in [4.69, 9.17) is 4.74 Å². The molecule has 92 valence electrons. The first kappa shape index (κ1) is 12.2. The molecule has 0 aliphatic rings. The smallest absolute Gasteiger partial charge is 0.338 e. The molecule has 5 heteroatoms. The highest BCUT2D eigenvalue weighted by Crippen LogP contribution is 2.25. The van der Waals surface area contributed by atoms with E-state index in [1.54, 1.807) is 25.3 Å². The van der Waals surface area contributed by atoms with Crippen molar-refractivity contribution >= 4 is 5.97 Å². The standard InChI is InChI=1S/C13H11FN2O2/c1-2-18-13(17)10-5-7-16-12(14)11(10)9-4-3-6-15-8-9/h3-8H,2H2,1H3. The predicted molar refractivity (Wildman–Crippen MR) is 63.4 cm³/mol. The van der Waals surface area contributed by atoms with Gasteiger partial charge in [-0.05, 0) is 19.1 Å². The molecule has 0 saturated heterocycles. The molecule has 0 atom stereocenters. The molecule has 4 nitrogen and oxygen atoms in total. The Morgan fingerprint density at radius 1 is 1.39 bits per heavy atom. The Labute approximate surface area is 103 Å². The molecule has 0 fully saturated rings. The maximum absolute atomic E-state index is 13.8. The summed E-state index contributed by atoms with van der Waals surface area (Å²) in [5.41, 5.74) is 0.757. The molecule has 0 N–H and O–H groups in total. The quantitative estimate of drug-likeness (QED) is 0.616. The zero-order valence-electron chi connectivity index (χ0n) is 9.76. The molecule has 0 amide bonds. The summed E-state index contributed by atoms with van der Waals surface area (Å²) in [6.07, 6.45) is 4.28. The zero-order valence-corrected chi connectivity index (χ0v) is 9.76. The number of hydrogen-bond acceptors (Lipinski definition) is 4. The third kappa shape index (κ3) is 2.34. The molecule has 0 radical (unpaired) electrons. The van der Waals surface area contributed by atoms with E-state index in [-0.39, 0.29) is 17.7 Å². The number of carbonyl (C=O) groups excluding carboxylic acids is 1. The number of carbonyl (C=O) groups is 1. The fraction of sp³-hybridized carbons (Fsp3) is 0.154. The highest BCUT2D eigenvalue weighted by atomic mass is 19.1. The molecule has 0 unspecified atom stereocenters. The lowest BCUT2D eigenvalue weighted by Gasteiger charge is -2.08. The molecule has 2 aromatic heterocycles. The van der Waals surface area contributed by atoms with E-state index in [0.717, 1.165) is 0 Å². The molecular weight excluding hydrogens is 235 g/mol. The average molecular weight is 246 g/mol. The fourth-order valence-electron chi connectivity index (χ4n) is 1.60. The molecule has 0 bridgehead atoms. The van der Waals surface area contributed by atoms with Crippen LogP contribution in [0.4, 0.5) is 4.39 Å². The third-order valence-electron chi connectivity index (χ3n) is 2.35. The number of halogens is 1. The van der Waals surface area contributed by atoms with Gasteiger partial charge < -0.3 is 4.74 Å². The maximum atomic E-state index is 13.8. The van der Waals surface area contributed by atoms with Crippen molar-refractivity contribution < 1.29 is 13.9 Å². The summed E-state index contributed by atoms with van der Waals surface area (Å²) in [5, 5.41) is 0. The minimum Gasteiger partial charge on any atom is -0.462 e. The van der Waals surface area contributed by atoms with Crippen LogP contribution >= 0.6 is 0 Å². The number of rotatable bonds is 3. The van der Waals surface area contributed by atoms with Crippen molar-refractivity contribution in [2.75, 3.05) is 6.61 Å². The van der Waals surface area contributed by atoms with Gasteiger partial charge in [0.05, 0.1) is 17.7 Å². The zero-order chi connectivity index (χ0) is 13.0. The van der Waals surface area contributed by atoms with Gasteiger partial charge in [0.2, 0.25) is 5.95 Å². The normalized spacial score (nSPS) is 10.1. The third-order valence-corrected chi connectivity index (χ3v) is 2.35. The maximum Gasteiger partial charge on any atom is 0.338 e. The van der Waals surface area contributed by atoms with E-state index in [0.29, 0.717) is 5.56 Å². The van der Waals surface area contributed by atoms with Gasteiger partial charge in [0.25, 0.3) is 0 Å². The van der Waals surface area contributed by atoms with Crippen LogP contribution < -0.4 is 0 Å². The topological polar surface area (TPSA) is 52.1 Å². The molecule has 18 heavy (non-hydrogen) atoms. The van der Waals surface area contributed by atoms with E-state index in [1.165, 1.54) is 18.5 Å². The van der Waals surface area contributed by atoms with Gasteiger partial charge in [0, 0.05) is 24.2 Å². The molecule has 0 saturated carbocycles. The summed E-state index contributed by atoms with van der Waals surface area (Å²) in [6, 6.07) is 4.76. The highest BCUT2D eigenvalue weighted by Gasteiger charge is 2.18. The molecule has 2 rings (SSSR count). The highest BCUT2D eigenvalue weighted by molar-refractivity contribution is 5.97. The molecule has 0 aliphatic carbocycles. The fourth-order valence-corrected chi connectivity index (χ4v) is 1.60. The van der Waals surface area contributed by atoms with Gasteiger partial charge in [-0.15, -0.1) is 0 Å². The van der Waals surface area contributed by atoms with Crippen LogP contribution in [0.5, 0.6) is 0 Å². The van der Waals surface area contributed by atoms with Crippen molar-refractivity contribution in [2.24, 2.45) is 0 Å². The van der Waals surface area contributed by atoms with Crippen LogP contribution in [0.3, 0.4) is 0 Å². The van der Waals surface area contributed by atoms with E-state index < -0.39 is 11.9 Å². The second kappa shape index (κ2) is 5.35. The van der Waals surface area contributed by atoms with E-state index in [2.05, 4.69) is 9.97 Å². The number of esters is 1. The van der Waals surface area contributed by atoms with E-state index >= 15 is 0 Å². The van der Waals surface area contributed by atoms with Crippen molar-refractivity contribution in [1.29, 1.82) is 0 Å². The number of nitrogens with zero attached hydrogens (tertiary/aromatic N) is 2. The van der Waals surface area contributed by atoms with Crippen molar-refractivity contribution in [3.8, 4) is 11.1 Å². The van der Waals surface area contributed by atoms with Gasteiger partial charge in [-0.2, -0.15) is 4.39 Å². The second-order valence-electron chi connectivity index (χ2n) is 3.49. The van der Waals surface area contributed by atoms with E-state index in [9.17, 15) is 9.18 Å². The largest absolute Gasteiger partial charge is 0.462 e. The second-order valence-corrected chi connectivity index (χ2v) is 3.49. The van der Waals surface area contributed by atoms with Crippen LogP contribution in [0.15, 0.2) is 36.8 Å². The summed E-state index contributed by atoms with van der Waals surface area (Å²) in [7, 11) is 0. The molecule has 2 aromatic rings. The Hall–Kier alpha value is -2.30. The summed E-state index contributed by atoms with van der Waals surface area (Å²) < 4.78 is 18.7. The molecule has 0 aromatic carbocycles. The monoisotopic (exact) mass is 246 g/mol. The Kier molecular flexibility index (Phi) is 3.62. The summed E-state index contributed by atoms with van der Waals surface area (Å²) >= 11 is 0. The lowest BCUT2D eigenvalue weighted by atomic mass is 10.0. The van der Waals surface area contributed by atoms with Crippen molar-refractivity contribution in [1.82, 2.24) is 9.97 Å². The van der Waals surface area contributed by atoms with Crippen LogP contribution in [0.1, 0.15) is 17.3 Å². The van der Waals surface area contributed by atoms with Crippen LogP contribution in [0, 0.1) is 5.95 Å². The van der Waals surface area contributed by atoms with Gasteiger partial charge in [0.15, 0.2) is 0 Å². The molecule has 0 spiro atoms. The lowest BCUT2D eigenvalue weighted by Crippen LogP contribution is -2.08. The van der Waals surface area contributed by atoms with Crippen LogP contribution in [0.2, 0.25) is 0 Å². The van der Waals surface area contributed by atoms with Crippen molar-refractivity contribution in [3.05, 3.63) is 48.3 Å². The first-order chi connectivity index (χ1) is 8.74. The Balaban J connectivity index is 2.55. The van der Waals surface area contributed by atoms with Gasteiger partial charge in [-0.1, -0.05) is 6.07 Å². The molecular formula is C13H11FN2O2. The SMILES string of the molecule is CCOC(=O)c1ccnc(F)c1-c1cccnc1. The Morgan fingerprint density at radius 3 is 2.89 bits per heavy atom. The average Bonchev–Trinajstić information content (AvgIpc) is 2.39. The first-order valence-electron chi connectivity index (χ1n) is 5.46. The van der Waals surface area contributed by atoms with E-state index in [1.807, 2.05) is 0 Å². The minimum atomic E-state index is -0.714. The summed E-state index contributed by atoms with van der Waals surface area (Å²) in [5.74, 6) is -1.29. The molecule has 0 aliphatic heterocycles.